The summed E-state index contributed by atoms with van der Waals surface area (Å²) in [4.78, 5) is 30.8. The predicted octanol–water partition coefficient (Wildman–Crippen LogP) is 2.74. The van der Waals surface area contributed by atoms with E-state index in [0.717, 1.165) is 29.1 Å². The lowest BCUT2D eigenvalue weighted by Gasteiger charge is -2.40. The average molecular weight is 419 g/mol. The number of amides is 3. The highest BCUT2D eigenvalue weighted by Gasteiger charge is 2.38. The number of rotatable bonds is 3. The van der Waals surface area contributed by atoms with E-state index in [4.69, 9.17) is 5.73 Å². The fraction of sp³-hybridized carbons (Fsp3) is 0.350. The standard InChI is InChI=1S/C20H20F3N5O2/c21-20(22,23)14-4-5-17(25-8-14)26-16-3-1-2-12-9-27(7-6-15(12)16)18(29)13-10-28(11-13)19(24)30/h1-5,8,13H,6-7,9-11H2,(H2,24,30)(H,25,26). The summed E-state index contributed by atoms with van der Waals surface area (Å²) < 4.78 is 38.1. The number of benzene rings is 1. The van der Waals surface area contributed by atoms with Gasteiger partial charge in [-0.2, -0.15) is 13.2 Å². The van der Waals surface area contributed by atoms with Gasteiger partial charge in [-0.15, -0.1) is 0 Å². The molecule has 0 radical (unpaired) electrons. The summed E-state index contributed by atoms with van der Waals surface area (Å²) in [6, 6.07) is 7.36. The number of fused-ring (bicyclic) bond motifs is 1. The van der Waals surface area contributed by atoms with Crippen LogP contribution in [0.2, 0.25) is 0 Å². The fourth-order valence-electron chi connectivity index (χ4n) is 3.76. The van der Waals surface area contributed by atoms with Crippen LogP contribution in [0.1, 0.15) is 16.7 Å². The summed E-state index contributed by atoms with van der Waals surface area (Å²) in [7, 11) is 0. The van der Waals surface area contributed by atoms with Crippen molar-refractivity contribution in [2.75, 3.05) is 25.0 Å². The molecule has 0 unspecified atom stereocenters. The van der Waals surface area contributed by atoms with Gasteiger partial charge >= 0.3 is 12.2 Å². The lowest BCUT2D eigenvalue weighted by molar-refractivity contribution is -0.140. The molecule has 3 heterocycles. The summed E-state index contributed by atoms with van der Waals surface area (Å²) in [5.41, 5.74) is 7.14. The first kappa shape index (κ1) is 20.0. The van der Waals surface area contributed by atoms with Crippen molar-refractivity contribution in [3.8, 4) is 0 Å². The third-order valence-electron chi connectivity index (χ3n) is 5.47. The van der Waals surface area contributed by atoms with Crippen LogP contribution in [0, 0.1) is 5.92 Å². The molecule has 1 fully saturated rings. The second-order valence-corrected chi connectivity index (χ2v) is 7.45. The molecule has 1 aromatic carbocycles. The highest BCUT2D eigenvalue weighted by molar-refractivity contribution is 5.84. The summed E-state index contributed by atoms with van der Waals surface area (Å²) >= 11 is 0. The number of anilines is 2. The summed E-state index contributed by atoms with van der Waals surface area (Å²) in [5, 5.41) is 3.08. The van der Waals surface area contributed by atoms with Gasteiger partial charge in [-0.25, -0.2) is 9.78 Å². The number of carbonyl (C=O) groups is 2. The Morgan fingerprint density at radius 1 is 1.13 bits per heavy atom. The van der Waals surface area contributed by atoms with Crippen LogP contribution >= 0.6 is 0 Å². The van der Waals surface area contributed by atoms with E-state index in [1.807, 2.05) is 18.2 Å². The number of hydrogen-bond acceptors (Lipinski definition) is 4. The van der Waals surface area contributed by atoms with Crippen molar-refractivity contribution in [3.05, 3.63) is 53.2 Å². The molecule has 4 rings (SSSR count). The first-order valence-electron chi connectivity index (χ1n) is 9.46. The largest absolute Gasteiger partial charge is 0.417 e. The highest BCUT2D eigenvalue weighted by atomic mass is 19.4. The SMILES string of the molecule is NC(=O)N1CC(C(=O)N2CCc3c(cccc3Nc3ccc(C(F)(F)F)cn3)C2)C1. The maximum atomic E-state index is 12.7. The number of primary amides is 1. The van der Waals surface area contributed by atoms with Crippen LogP contribution in [0.15, 0.2) is 36.5 Å². The number of urea groups is 1. The molecule has 2 aromatic rings. The monoisotopic (exact) mass is 419 g/mol. The second kappa shape index (κ2) is 7.51. The Bertz CT molecular complexity index is 971. The number of likely N-dealkylation sites (tertiary alicyclic amines) is 1. The van der Waals surface area contributed by atoms with Crippen molar-refractivity contribution >= 4 is 23.4 Å². The Hall–Kier alpha value is -3.30. The van der Waals surface area contributed by atoms with Gasteiger partial charge in [0.15, 0.2) is 0 Å². The molecule has 3 amide bonds. The number of nitrogens with two attached hydrogens (primary N) is 1. The average Bonchev–Trinajstić information content (AvgIpc) is 2.66. The lowest BCUT2D eigenvalue weighted by Crippen LogP contribution is -2.58. The van der Waals surface area contributed by atoms with Crippen molar-refractivity contribution in [1.82, 2.24) is 14.8 Å². The summed E-state index contributed by atoms with van der Waals surface area (Å²) in [6.07, 6.45) is -3.02. The minimum Gasteiger partial charge on any atom is -0.351 e. The maximum absolute atomic E-state index is 12.7. The molecule has 1 aromatic heterocycles. The van der Waals surface area contributed by atoms with E-state index in [1.165, 1.54) is 11.0 Å². The molecule has 0 bridgehead atoms. The Kier molecular flexibility index (Phi) is 5.00. The van der Waals surface area contributed by atoms with Crippen LogP contribution < -0.4 is 11.1 Å². The molecule has 0 spiro atoms. The summed E-state index contributed by atoms with van der Waals surface area (Å²) in [5.74, 6) is 0.0912. The Labute approximate surface area is 170 Å². The van der Waals surface area contributed by atoms with Crippen molar-refractivity contribution < 1.29 is 22.8 Å². The maximum Gasteiger partial charge on any atom is 0.417 e. The number of carbonyl (C=O) groups excluding carboxylic acids is 2. The molecule has 3 N–H and O–H groups in total. The quantitative estimate of drug-likeness (QED) is 0.800. The molecule has 0 atom stereocenters. The first-order chi connectivity index (χ1) is 14.2. The third-order valence-corrected chi connectivity index (χ3v) is 5.47. The number of aromatic nitrogens is 1. The Balaban J connectivity index is 1.44. The van der Waals surface area contributed by atoms with Crippen LogP contribution in [0.5, 0.6) is 0 Å². The van der Waals surface area contributed by atoms with Crippen molar-refractivity contribution in [2.45, 2.75) is 19.1 Å². The summed E-state index contributed by atoms with van der Waals surface area (Å²) in [6.45, 7) is 1.66. The van der Waals surface area contributed by atoms with E-state index in [9.17, 15) is 22.8 Å². The zero-order chi connectivity index (χ0) is 21.5. The van der Waals surface area contributed by atoms with Crippen LogP contribution in [-0.4, -0.2) is 46.4 Å². The van der Waals surface area contributed by atoms with Gasteiger partial charge in [-0.1, -0.05) is 12.1 Å². The van der Waals surface area contributed by atoms with E-state index >= 15 is 0 Å². The highest BCUT2D eigenvalue weighted by Crippen LogP contribution is 2.32. The van der Waals surface area contributed by atoms with E-state index in [1.54, 1.807) is 4.90 Å². The molecule has 10 heteroatoms. The molecule has 1 saturated heterocycles. The molecule has 7 nitrogen and oxygen atoms in total. The van der Waals surface area contributed by atoms with Crippen molar-refractivity contribution in [2.24, 2.45) is 11.7 Å². The number of nitrogens with zero attached hydrogens (tertiary/aromatic N) is 3. The van der Waals surface area contributed by atoms with Crippen molar-refractivity contribution in [3.63, 3.8) is 0 Å². The predicted molar refractivity (Wildman–Crippen MR) is 103 cm³/mol. The van der Waals surface area contributed by atoms with E-state index in [-0.39, 0.29) is 11.8 Å². The van der Waals surface area contributed by atoms with E-state index in [0.29, 0.717) is 38.4 Å². The van der Waals surface area contributed by atoms with E-state index < -0.39 is 17.8 Å². The number of nitrogens with one attached hydrogen (secondary N) is 1. The third kappa shape index (κ3) is 3.89. The number of hydrogen-bond donors (Lipinski definition) is 2. The van der Waals surface area contributed by atoms with Gasteiger partial charge in [0.1, 0.15) is 5.82 Å². The van der Waals surface area contributed by atoms with Gasteiger partial charge in [0.2, 0.25) is 5.91 Å². The minimum atomic E-state index is -4.43. The Morgan fingerprint density at radius 2 is 1.90 bits per heavy atom. The molecule has 0 saturated carbocycles. The van der Waals surface area contributed by atoms with Gasteiger partial charge in [0.25, 0.3) is 0 Å². The molecule has 158 valence electrons. The molecular weight excluding hydrogens is 399 g/mol. The van der Waals surface area contributed by atoms with Gasteiger partial charge in [-0.3, -0.25) is 4.79 Å². The van der Waals surface area contributed by atoms with Crippen molar-refractivity contribution in [1.29, 1.82) is 0 Å². The van der Waals surface area contributed by atoms with Gasteiger partial charge in [-0.05, 0) is 35.7 Å². The van der Waals surface area contributed by atoms with Crippen LogP contribution in [0.3, 0.4) is 0 Å². The van der Waals surface area contributed by atoms with Crippen LogP contribution in [-0.2, 0) is 23.9 Å². The lowest BCUT2D eigenvalue weighted by atomic mass is 9.94. The minimum absolute atomic E-state index is 0.000850. The van der Waals surface area contributed by atoms with Crippen LogP contribution in [0.25, 0.3) is 0 Å². The number of halogens is 3. The molecule has 30 heavy (non-hydrogen) atoms. The normalized spacial score (nSPS) is 16.6. The topological polar surface area (TPSA) is 91.6 Å². The van der Waals surface area contributed by atoms with E-state index in [2.05, 4.69) is 10.3 Å². The zero-order valence-corrected chi connectivity index (χ0v) is 15.9. The number of pyridine rings is 1. The molecule has 2 aliphatic heterocycles. The first-order valence-corrected chi connectivity index (χ1v) is 9.46. The molecule has 2 aliphatic rings. The number of alkyl halides is 3. The van der Waals surface area contributed by atoms with Crippen LogP contribution in [0.4, 0.5) is 29.5 Å². The molecule has 0 aliphatic carbocycles. The smallest absolute Gasteiger partial charge is 0.351 e. The molecular formula is C20H20F3N5O2. The van der Waals surface area contributed by atoms with Gasteiger partial charge in [0, 0.05) is 38.1 Å². The fourth-order valence-corrected chi connectivity index (χ4v) is 3.76. The second-order valence-electron chi connectivity index (χ2n) is 7.45. The Morgan fingerprint density at radius 3 is 2.53 bits per heavy atom. The van der Waals surface area contributed by atoms with Gasteiger partial charge < -0.3 is 20.9 Å². The van der Waals surface area contributed by atoms with Gasteiger partial charge in [0.05, 0.1) is 11.5 Å². The zero-order valence-electron chi connectivity index (χ0n) is 15.9.